The number of aliphatic hydroxyl groups excluding tert-OH is 1. The third kappa shape index (κ3) is 3.64. The Labute approximate surface area is 111 Å². The molecule has 0 amide bonds. The van der Waals surface area contributed by atoms with Gasteiger partial charge in [-0.3, -0.25) is 0 Å². The molecule has 0 heterocycles. The second-order valence-electron chi connectivity index (χ2n) is 5.15. The van der Waals surface area contributed by atoms with Gasteiger partial charge < -0.3 is 15.5 Å². The molecule has 2 atom stereocenters. The molecule has 1 fully saturated rings. The molecule has 106 valence electrons. The van der Waals surface area contributed by atoms with E-state index in [4.69, 9.17) is 5.11 Å². The maximum atomic E-state index is 13.1. The number of aromatic hydroxyl groups is 1. The average molecular weight is 271 g/mol. The number of rotatable bonds is 4. The zero-order valence-electron chi connectivity index (χ0n) is 10.7. The zero-order valence-corrected chi connectivity index (χ0v) is 10.7. The standard InChI is InChI=1S/C14H19F2NO2/c15-11-5-9(6-12(16)14(11)19)7-17-8-10-3-1-2-4-13(10)18/h5-6,10,13,17-19H,1-4,7-8H2. The molecule has 0 aromatic heterocycles. The molecule has 1 saturated carbocycles. The summed E-state index contributed by atoms with van der Waals surface area (Å²) in [6.07, 6.45) is 3.70. The van der Waals surface area contributed by atoms with Gasteiger partial charge in [0.2, 0.25) is 0 Å². The Morgan fingerprint density at radius 3 is 2.42 bits per heavy atom. The molecule has 2 rings (SSSR count). The fraction of sp³-hybridized carbons (Fsp3) is 0.571. The summed E-state index contributed by atoms with van der Waals surface area (Å²) in [5, 5.41) is 21.9. The van der Waals surface area contributed by atoms with E-state index in [1.165, 1.54) is 0 Å². The van der Waals surface area contributed by atoms with Gasteiger partial charge in [0.05, 0.1) is 6.10 Å². The van der Waals surface area contributed by atoms with Gasteiger partial charge >= 0.3 is 0 Å². The summed E-state index contributed by atoms with van der Waals surface area (Å²) < 4.78 is 26.3. The summed E-state index contributed by atoms with van der Waals surface area (Å²) in [6, 6.07) is 2.23. The maximum absolute atomic E-state index is 13.1. The normalized spacial score (nSPS) is 23.5. The van der Waals surface area contributed by atoms with Gasteiger partial charge in [0.15, 0.2) is 17.4 Å². The van der Waals surface area contributed by atoms with E-state index in [1.54, 1.807) is 0 Å². The first-order chi connectivity index (χ1) is 9.08. The van der Waals surface area contributed by atoms with Gasteiger partial charge in [-0.2, -0.15) is 0 Å². The van der Waals surface area contributed by atoms with E-state index < -0.39 is 17.4 Å². The molecule has 1 aliphatic carbocycles. The summed E-state index contributed by atoms with van der Waals surface area (Å²) in [7, 11) is 0. The number of halogens is 2. The van der Waals surface area contributed by atoms with Gasteiger partial charge in [0.25, 0.3) is 0 Å². The lowest BCUT2D eigenvalue weighted by molar-refractivity contribution is 0.0695. The average Bonchev–Trinajstić information content (AvgIpc) is 2.38. The molecule has 1 aliphatic rings. The lowest BCUT2D eigenvalue weighted by Gasteiger charge is -2.27. The Hall–Kier alpha value is -1.20. The van der Waals surface area contributed by atoms with Crippen LogP contribution in [0.3, 0.4) is 0 Å². The van der Waals surface area contributed by atoms with Crippen molar-refractivity contribution in [2.45, 2.75) is 38.3 Å². The molecule has 19 heavy (non-hydrogen) atoms. The second-order valence-corrected chi connectivity index (χ2v) is 5.15. The number of benzene rings is 1. The minimum atomic E-state index is -0.950. The lowest BCUT2D eigenvalue weighted by atomic mass is 9.86. The zero-order chi connectivity index (χ0) is 13.8. The Kier molecular flexibility index (Phi) is 4.71. The van der Waals surface area contributed by atoms with Crippen molar-refractivity contribution in [3.8, 4) is 5.75 Å². The van der Waals surface area contributed by atoms with Crippen molar-refractivity contribution in [1.82, 2.24) is 5.32 Å². The predicted molar refractivity (Wildman–Crippen MR) is 67.7 cm³/mol. The van der Waals surface area contributed by atoms with Crippen LogP contribution in [0.4, 0.5) is 8.78 Å². The van der Waals surface area contributed by atoms with Crippen molar-refractivity contribution < 1.29 is 19.0 Å². The Morgan fingerprint density at radius 1 is 1.16 bits per heavy atom. The third-order valence-electron chi connectivity index (χ3n) is 3.68. The number of hydrogen-bond acceptors (Lipinski definition) is 3. The predicted octanol–water partition coefficient (Wildman–Crippen LogP) is 2.31. The molecular weight excluding hydrogens is 252 g/mol. The summed E-state index contributed by atoms with van der Waals surface area (Å²) in [6.45, 7) is 0.947. The van der Waals surface area contributed by atoms with E-state index >= 15 is 0 Å². The van der Waals surface area contributed by atoms with Crippen LogP contribution in [-0.4, -0.2) is 22.9 Å². The van der Waals surface area contributed by atoms with E-state index in [9.17, 15) is 13.9 Å². The molecule has 0 radical (unpaired) electrons. The van der Waals surface area contributed by atoms with Gasteiger partial charge in [-0.1, -0.05) is 12.8 Å². The van der Waals surface area contributed by atoms with E-state index in [-0.39, 0.29) is 12.0 Å². The fourth-order valence-corrected chi connectivity index (χ4v) is 2.55. The number of phenols is 1. The quantitative estimate of drug-likeness (QED) is 0.787. The van der Waals surface area contributed by atoms with Crippen LogP contribution in [0.25, 0.3) is 0 Å². The van der Waals surface area contributed by atoms with Gasteiger partial charge in [0, 0.05) is 13.1 Å². The smallest absolute Gasteiger partial charge is 0.187 e. The highest BCUT2D eigenvalue weighted by Crippen LogP contribution is 2.24. The lowest BCUT2D eigenvalue weighted by Crippen LogP contribution is -2.33. The molecule has 1 aromatic rings. The van der Waals surface area contributed by atoms with Crippen molar-refractivity contribution in [1.29, 1.82) is 0 Å². The van der Waals surface area contributed by atoms with Crippen molar-refractivity contribution >= 4 is 0 Å². The topological polar surface area (TPSA) is 52.5 Å². The molecule has 2 unspecified atom stereocenters. The Bertz CT molecular complexity index is 416. The highest BCUT2D eigenvalue weighted by Gasteiger charge is 2.22. The van der Waals surface area contributed by atoms with Crippen molar-refractivity contribution in [2.75, 3.05) is 6.54 Å². The summed E-state index contributed by atoms with van der Waals surface area (Å²) in [4.78, 5) is 0. The molecule has 5 heteroatoms. The van der Waals surface area contributed by atoms with Gasteiger partial charge in [0.1, 0.15) is 0 Å². The molecule has 1 aromatic carbocycles. The minimum Gasteiger partial charge on any atom is -0.503 e. The SMILES string of the molecule is Oc1c(F)cc(CNCC2CCCCC2O)cc1F. The van der Waals surface area contributed by atoms with Crippen LogP contribution < -0.4 is 5.32 Å². The highest BCUT2D eigenvalue weighted by molar-refractivity contribution is 5.29. The number of aliphatic hydroxyl groups is 1. The van der Waals surface area contributed by atoms with Gasteiger partial charge in [-0.15, -0.1) is 0 Å². The molecule has 0 saturated heterocycles. The molecule has 3 nitrogen and oxygen atoms in total. The van der Waals surface area contributed by atoms with Gasteiger partial charge in [-0.25, -0.2) is 8.78 Å². The molecule has 3 N–H and O–H groups in total. The number of phenolic OH excluding ortho intramolecular Hbond substituents is 1. The monoisotopic (exact) mass is 271 g/mol. The van der Waals surface area contributed by atoms with Crippen LogP contribution in [0.1, 0.15) is 31.2 Å². The van der Waals surface area contributed by atoms with Crippen LogP contribution in [0.15, 0.2) is 12.1 Å². The Balaban J connectivity index is 1.85. The first-order valence-corrected chi connectivity index (χ1v) is 6.63. The molecule has 0 bridgehead atoms. The summed E-state index contributed by atoms with van der Waals surface area (Å²) in [5.74, 6) is -2.63. The first-order valence-electron chi connectivity index (χ1n) is 6.63. The van der Waals surface area contributed by atoms with Crippen molar-refractivity contribution in [3.05, 3.63) is 29.3 Å². The summed E-state index contributed by atoms with van der Waals surface area (Å²) >= 11 is 0. The molecular formula is C14H19F2NO2. The Morgan fingerprint density at radius 2 is 1.79 bits per heavy atom. The van der Waals surface area contributed by atoms with Crippen LogP contribution in [-0.2, 0) is 6.54 Å². The molecule has 0 aliphatic heterocycles. The first kappa shape index (κ1) is 14.2. The minimum absolute atomic E-state index is 0.209. The van der Waals surface area contributed by atoms with Crippen molar-refractivity contribution in [2.24, 2.45) is 5.92 Å². The van der Waals surface area contributed by atoms with Crippen LogP contribution in [0.2, 0.25) is 0 Å². The van der Waals surface area contributed by atoms with E-state index in [0.717, 1.165) is 37.8 Å². The third-order valence-corrected chi connectivity index (χ3v) is 3.68. The summed E-state index contributed by atoms with van der Waals surface area (Å²) in [5.41, 5.74) is 0.443. The van der Waals surface area contributed by atoms with E-state index in [1.807, 2.05) is 0 Å². The highest BCUT2D eigenvalue weighted by atomic mass is 19.1. The van der Waals surface area contributed by atoms with E-state index in [0.29, 0.717) is 18.7 Å². The molecule has 0 spiro atoms. The number of hydrogen-bond donors (Lipinski definition) is 3. The second kappa shape index (κ2) is 6.30. The largest absolute Gasteiger partial charge is 0.503 e. The van der Waals surface area contributed by atoms with Crippen molar-refractivity contribution in [3.63, 3.8) is 0 Å². The fourth-order valence-electron chi connectivity index (χ4n) is 2.55. The van der Waals surface area contributed by atoms with Crippen LogP contribution in [0.5, 0.6) is 5.75 Å². The van der Waals surface area contributed by atoms with Gasteiger partial charge in [-0.05, 0) is 36.5 Å². The maximum Gasteiger partial charge on any atom is 0.187 e. The van der Waals surface area contributed by atoms with Crippen LogP contribution >= 0.6 is 0 Å². The van der Waals surface area contributed by atoms with Crippen LogP contribution in [0, 0.1) is 17.6 Å². The van der Waals surface area contributed by atoms with E-state index in [2.05, 4.69) is 5.32 Å². The number of nitrogens with one attached hydrogen (secondary N) is 1.